The van der Waals surface area contributed by atoms with Crippen LogP contribution in [0.2, 0.25) is 10.0 Å². The van der Waals surface area contributed by atoms with Gasteiger partial charge in [0.1, 0.15) is 5.75 Å². The van der Waals surface area contributed by atoms with Gasteiger partial charge in [-0.3, -0.25) is 9.59 Å². The molecule has 1 N–H and O–H groups in total. The van der Waals surface area contributed by atoms with Gasteiger partial charge in [-0.1, -0.05) is 35.3 Å². The molecule has 0 fully saturated rings. The van der Waals surface area contributed by atoms with Crippen LogP contribution >= 0.6 is 23.2 Å². The van der Waals surface area contributed by atoms with E-state index in [1.54, 1.807) is 24.3 Å². The molecule has 5 nitrogen and oxygen atoms in total. The summed E-state index contributed by atoms with van der Waals surface area (Å²) in [6.45, 7) is 1.70. The molecule has 0 aromatic heterocycles. The number of anilines is 1. The summed E-state index contributed by atoms with van der Waals surface area (Å²) in [6, 6.07) is 12.2. The number of benzene rings is 2. The monoisotopic (exact) mass is 380 g/mol. The minimum atomic E-state index is -0.343. The van der Waals surface area contributed by atoms with Gasteiger partial charge in [-0.15, -0.1) is 0 Å². The molecule has 0 saturated carbocycles. The molecule has 132 valence electrons. The van der Waals surface area contributed by atoms with Gasteiger partial charge in [0, 0.05) is 12.7 Å². The van der Waals surface area contributed by atoms with Crippen LogP contribution < -0.4 is 10.1 Å². The fraction of sp³-hybridized carbons (Fsp3) is 0.222. The minimum Gasteiger partial charge on any atom is -0.484 e. The quantitative estimate of drug-likeness (QED) is 0.829. The van der Waals surface area contributed by atoms with Gasteiger partial charge in [0.05, 0.1) is 16.6 Å². The molecule has 25 heavy (non-hydrogen) atoms. The van der Waals surface area contributed by atoms with Crippen molar-refractivity contribution in [3.8, 4) is 5.75 Å². The summed E-state index contributed by atoms with van der Waals surface area (Å²) >= 11 is 11.7. The zero-order valence-corrected chi connectivity index (χ0v) is 15.4. The number of carbonyl (C=O) groups excluding carboxylic acids is 2. The van der Waals surface area contributed by atoms with E-state index in [4.69, 9.17) is 27.9 Å². The Labute approximate surface area is 156 Å². The molecule has 0 saturated heterocycles. The van der Waals surface area contributed by atoms with Gasteiger partial charge in [-0.2, -0.15) is 0 Å². The highest BCUT2D eigenvalue weighted by atomic mass is 35.5. The molecule has 0 spiro atoms. The summed E-state index contributed by atoms with van der Waals surface area (Å²) in [5.74, 6) is -0.0300. The second-order valence-electron chi connectivity index (χ2n) is 5.53. The average molecular weight is 381 g/mol. The van der Waals surface area contributed by atoms with Gasteiger partial charge in [-0.25, -0.2) is 0 Å². The lowest BCUT2D eigenvalue weighted by Crippen LogP contribution is -2.37. The Hall–Kier alpha value is -2.24. The number of aryl methyl sites for hydroxylation is 1. The highest BCUT2D eigenvalue weighted by Gasteiger charge is 2.14. The van der Waals surface area contributed by atoms with Crippen LogP contribution in [0.4, 0.5) is 5.69 Å². The Morgan fingerprint density at radius 1 is 1.12 bits per heavy atom. The minimum absolute atomic E-state index is 0.101. The van der Waals surface area contributed by atoms with Crippen molar-refractivity contribution in [1.29, 1.82) is 0 Å². The number of hydrogen-bond donors (Lipinski definition) is 1. The summed E-state index contributed by atoms with van der Waals surface area (Å²) in [5.41, 5.74) is 1.55. The predicted octanol–water partition coefficient (Wildman–Crippen LogP) is 3.78. The average Bonchev–Trinajstić information content (AvgIpc) is 2.56. The first-order valence-electron chi connectivity index (χ1n) is 7.53. The Bertz CT molecular complexity index is 781. The second kappa shape index (κ2) is 8.74. The van der Waals surface area contributed by atoms with Crippen molar-refractivity contribution < 1.29 is 14.3 Å². The van der Waals surface area contributed by atoms with Crippen molar-refractivity contribution in [1.82, 2.24) is 4.90 Å². The maximum atomic E-state index is 12.1. The van der Waals surface area contributed by atoms with Gasteiger partial charge in [0.2, 0.25) is 5.91 Å². The third kappa shape index (κ3) is 5.96. The summed E-state index contributed by atoms with van der Waals surface area (Å²) in [6.07, 6.45) is 0. The summed E-state index contributed by atoms with van der Waals surface area (Å²) in [4.78, 5) is 25.4. The van der Waals surface area contributed by atoms with Crippen LogP contribution in [-0.2, 0) is 9.59 Å². The highest BCUT2D eigenvalue weighted by molar-refractivity contribution is 6.42. The Kier molecular flexibility index (Phi) is 6.67. The van der Waals surface area contributed by atoms with Crippen LogP contribution in [0.25, 0.3) is 0 Å². The first-order chi connectivity index (χ1) is 11.8. The molecular formula is C18H18Cl2N2O3. The number of nitrogens with zero attached hydrogens (tertiary/aromatic N) is 1. The second-order valence-corrected chi connectivity index (χ2v) is 6.35. The molecule has 2 aromatic carbocycles. The van der Waals surface area contributed by atoms with E-state index in [-0.39, 0.29) is 25.0 Å². The van der Waals surface area contributed by atoms with Crippen molar-refractivity contribution in [2.24, 2.45) is 0 Å². The Morgan fingerprint density at radius 3 is 2.56 bits per heavy atom. The number of rotatable bonds is 6. The lowest BCUT2D eigenvalue weighted by atomic mass is 10.2. The number of likely N-dealkylation sites (N-methyl/N-ethyl adjacent to an activating group) is 1. The van der Waals surface area contributed by atoms with E-state index in [0.29, 0.717) is 21.5 Å². The van der Waals surface area contributed by atoms with Crippen LogP contribution in [0.15, 0.2) is 42.5 Å². The molecule has 0 atom stereocenters. The van der Waals surface area contributed by atoms with Crippen molar-refractivity contribution in [2.75, 3.05) is 25.5 Å². The van der Waals surface area contributed by atoms with Crippen molar-refractivity contribution in [3.05, 3.63) is 58.1 Å². The number of ether oxygens (including phenoxy) is 1. The highest BCUT2D eigenvalue weighted by Crippen LogP contribution is 2.24. The van der Waals surface area contributed by atoms with Crippen molar-refractivity contribution in [2.45, 2.75) is 6.92 Å². The lowest BCUT2D eigenvalue weighted by Gasteiger charge is -2.17. The molecule has 2 rings (SSSR count). The molecule has 0 radical (unpaired) electrons. The summed E-state index contributed by atoms with van der Waals surface area (Å²) in [5, 5.41) is 3.41. The molecule has 2 aromatic rings. The van der Waals surface area contributed by atoms with E-state index >= 15 is 0 Å². The van der Waals surface area contributed by atoms with Gasteiger partial charge in [0.25, 0.3) is 5.91 Å². The molecular weight excluding hydrogens is 363 g/mol. The molecule has 0 aliphatic rings. The maximum Gasteiger partial charge on any atom is 0.260 e. The van der Waals surface area contributed by atoms with Gasteiger partial charge < -0.3 is 15.0 Å². The van der Waals surface area contributed by atoms with E-state index in [9.17, 15) is 9.59 Å². The van der Waals surface area contributed by atoms with E-state index < -0.39 is 0 Å². The molecule has 0 aliphatic carbocycles. The standard InChI is InChI=1S/C18H18Cl2N2O3/c1-12-4-3-5-14(8-12)25-11-18(24)22(2)10-17(23)21-13-6-7-15(19)16(20)9-13/h3-9H,10-11H2,1-2H3,(H,21,23). The van der Waals surface area contributed by atoms with E-state index in [0.717, 1.165) is 5.56 Å². The predicted molar refractivity (Wildman–Crippen MR) is 99.4 cm³/mol. The molecule has 2 amide bonds. The van der Waals surface area contributed by atoms with Crippen molar-refractivity contribution in [3.63, 3.8) is 0 Å². The fourth-order valence-electron chi connectivity index (χ4n) is 2.04. The van der Waals surface area contributed by atoms with E-state index in [2.05, 4.69) is 5.32 Å². The molecule has 0 bridgehead atoms. The Morgan fingerprint density at radius 2 is 1.88 bits per heavy atom. The third-order valence-electron chi connectivity index (χ3n) is 3.36. The zero-order chi connectivity index (χ0) is 18.4. The third-order valence-corrected chi connectivity index (χ3v) is 4.10. The maximum absolute atomic E-state index is 12.1. The molecule has 0 unspecified atom stereocenters. The number of carbonyl (C=O) groups is 2. The normalized spacial score (nSPS) is 10.2. The largest absolute Gasteiger partial charge is 0.484 e. The van der Waals surface area contributed by atoms with Crippen LogP contribution in [0, 0.1) is 6.92 Å². The van der Waals surface area contributed by atoms with Gasteiger partial charge >= 0.3 is 0 Å². The molecule has 7 heteroatoms. The van der Waals surface area contributed by atoms with Gasteiger partial charge in [0.15, 0.2) is 6.61 Å². The van der Waals surface area contributed by atoms with E-state index in [1.807, 2.05) is 25.1 Å². The molecule has 0 aliphatic heterocycles. The smallest absolute Gasteiger partial charge is 0.260 e. The number of hydrogen-bond acceptors (Lipinski definition) is 3. The van der Waals surface area contributed by atoms with Crippen molar-refractivity contribution >= 4 is 40.7 Å². The first kappa shape index (κ1) is 19.1. The number of nitrogens with one attached hydrogen (secondary N) is 1. The van der Waals surface area contributed by atoms with Crippen LogP contribution in [0.1, 0.15) is 5.56 Å². The lowest BCUT2D eigenvalue weighted by molar-refractivity contribution is -0.135. The zero-order valence-electron chi connectivity index (χ0n) is 13.9. The fourth-order valence-corrected chi connectivity index (χ4v) is 2.34. The van der Waals surface area contributed by atoms with Crippen LogP contribution in [0.5, 0.6) is 5.75 Å². The Balaban J connectivity index is 1.83. The summed E-state index contributed by atoms with van der Waals surface area (Å²) < 4.78 is 5.44. The number of amides is 2. The SMILES string of the molecule is Cc1cccc(OCC(=O)N(C)CC(=O)Nc2ccc(Cl)c(Cl)c2)c1. The van der Waals surface area contributed by atoms with E-state index in [1.165, 1.54) is 11.9 Å². The number of halogens is 2. The van der Waals surface area contributed by atoms with Crippen LogP contribution in [-0.4, -0.2) is 36.9 Å². The van der Waals surface area contributed by atoms with Gasteiger partial charge in [-0.05, 0) is 42.8 Å². The topological polar surface area (TPSA) is 58.6 Å². The first-order valence-corrected chi connectivity index (χ1v) is 8.29. The van der Waals surface area contributed by atoms with Crippen LogP contribution in [0.3, 0.4) is 0 Å². The molecule has 0 heterocycles. The summed E-state index contributed by atoms with van der Waals surface area (Å²) in [7, 11) is 1.54.